The molecule has 4 rings (SSSR count). The molecule has 0 amide bonds. The number of carboxylic acids is 1. The molecular formula is C29H31O2-. The molecule has 1 aliphatic carbocycles. The number of aliphatic carboxylic acids is 1. The first kappa shape index (κ1) is 21.4. The minimum Gasteiger partial charge on any atom is -0.545 e. The zero-order valence-electron chi connectivity index (χ0n) is 18.7. The van der Waals surface area contributed by atoms with E-state index in [1.165, 1.54) is 16.3 Å². The van der Waals surface area contributed by atoms with Crippen LogP contribution in [0.3, 0.4) is 0 Å². The van der Waals surface area contributed by atoms with Crippen molar-refractivity contribution in [3.8, 4) is 0 Å². The highest BCUT2D eigenvalue weighted by atomic mass is 16.4. The molecule has 0 aromatic heterocycles. The summed E-state index contributed by atoms with van der Waals surface area (Å²) in [7, 11) is 0. The molecule has 0 N–H and O–H groups in total. The van der Waals surface area contributed by atoms with Gasteiger partial charge in [-0.1, -0.05) is 100.0 Å². The summed E-state index contributed by atoms with van der Waals surface area (Å²) in [5.74, 6) is -0.331. The summed E-state index contributed by atoms with van der Waals surface area (Å²) in [6.45, 7) is 6.79. The molecule has 0 unspecified atom stereocenters. The Kier molecular flexibility index (Phi) is 6.00. The van der Waals surface area contributed by atoms with E-state index in [0.717, 1.165) is 24.8 Å². The maximum atomic E-state index is 12.3. The fourth-order valence-electron chi connectivity index (χ4n) is 5.44. The summed E-state index contributed by atoms with van der Waals surface area (Å²) in [5, 5.41) is 14.8. The Morgan fingerprint density at radius 3 is 2.32 bits per heavy atom. The number of rotatable bonds is 5. The Hall–Kier alpha value is -2.87. The molecule has 3 aromatic carbocycles. The molecule has 31 heavy (non-hydrogen) atoms. The fraction of sp³-hybridized carbons (Fsp3) is 0.345. The lowest BCUT2D eigenvalue weighted by Gasteiger charge is -2.46. The maximum absolute atomic E-state index is 12.3. The zero-order valence-corrected chi connectivity index (χ0v) is 18.7. The molecule has 0 saturated heterocycles. The van der Waals surface area contributed by atoms with Crippen LogP contribution in [0.4, 0.5) is 0 Å². The van der Waals surface area contributed by atoms with Gasteiger partial charge in [-0.3, -0.25) is 0 Å². The number of hydrogen-bond acceptors (Lipinski definition) is 2. The van der Waals surface area contributed by atoms with Crippen molar-refractivity contribution in [3.63, 3.8) is 0 Å². The molecule has 3 atom stereocenters. The second kappa shape index (κ2) is 8.70. The Bertz CT molecular complexity index is 1090. The monoisotopic (exact) mass is 411 g/mol. The second-order valence-electron chi connectivity index (χ2n) is 9.71. The van der Waals surface area contributed by atoms with Gasteiger partial charge in [-0.2, -0.15) is 0 Å². The molecule has 0 aliphatic heterocycles. The van der Waals surface area contributed by atoms with E-state index >= 15 is 0 Å². The molecule has 0 spiro atoms. The van der Waals surface area contributed by atoms with Crippen molar-refractivity contribution >= 4 is 22.8 Å². The normalized spacial score (nSPS) is 22.4. The molecule has 0 radical (unpaired) electrons. The van der Waals surface area contributed by atoms with Crippen molar-refractivity contribution in [2.75, 3.05) is 0 Å². The maximum Gasteiger partial charge on any atom is 0.0678 e. The van der Waals surface area contributed by atoms with E-state index in [1.807, 2.05) is 36.4 Å². The van der Waals surface area contributed by atoms with E-state index < -0.39 is 5.97 Å². The van der Waals surface area contributed by atoms with Crippen molar-refractivity contribution in [1.82, 2.24) is 0 Å². The van der Waals surface area contributed by atoms with E-state index in [0.29, 0.717) is 11.5 Å². The van der Waals surface area contributed by atoms with Gasteiger partial charge in [0.1, 0.15) is 0 Å². The van der Waals surface area contributed by atoms with Crippen LogP contribution in [0.25, 0.3) is 16.8 Å². The quantitative estimate of drug-likeness (QED) is 0.483. The van der Waals surface area contributed by atoms with Crippen molar-refractivity contribution in [2.45, 2.75) is 45.4 Å². The SMILES string of the molecule is C[C@@H]1CC[C@H](C(C)(C)c2ccc3ccccc3c2)[C@H](C(=Cc2ccccc2)C(=O)[O-])C1. The Balaban J connectivity index is 1.76. The van der Waals surface area contributed by atoms with Crippen LogP contribution >= 0.6 is 0 Å². The Morgan fingerprint density at radius 2 is 1.61 bits per heavy atom. The Labute approximate surface area is 185 Å². The summed E-state index contributed by atoms with van der Waals surface area (Å²) in [6.07, 6.45) is 4.87. The van der Waals surface area contributed by atoms with Gasteiger partial charge < -0.3 is 9.90 Å². The first-order valence-corrected chi connectivity index (χ1v) is 11.3. The van der Waals surface area contributed by atoms with Gasteiger partial charge in [-0.25, -0.2) is 0 Å². The fourth-order valence-corrected chi connectivity index (χ4v) is 5.44. The standard InChI is InChI=1S/C29H32O2/c1-20-13-16-27(25(17-20)26(28(30)31)18-21-9-5-4-6-10-21)29(2,3)24-15-14-22-11-7-8-12-23(22)19-24/h4-12,14-15,18-20,25,27H,13,16-17H2,1-3H3,(H,30,31)/p-1/t20-,25+,27+/m1/s1. The number of carbonyl (C=O) groups excluding carboxylic acids is 1. The van der Waals surface area contributed by atoms with Crippen LogP contribution in [0.5, 0.6) is 0 Å². The lowest BCUT2D eigenvalue weighted by molar-refractivity contribution is -0.300. The topological polar surface area (TPSA) is 40.1 Å². The lowest BCUT2D eigenvalue weighted by Crippen LogP contribution is -2.42. The largest absolute Gasteiger partial charge is 0.545 e. The average Bonchev–Trinajstić information content (AvgIpc) is 2.77. The third kappa shape index (κ3) is 4.44. The Morgan fingerprint density at radius 1 is 0.935 bits per heavy atom. The van der Waals surface area contributed by atoms with Crippen LogP contribution < -0.4 is 5.11 Å². The highest BCUT2D eigenvalue weighted by molar-refractivity contribution is 5.91. The van der Waals surface area contributed by atoms with Crippen LogP contribution in [0, 0.1) is 17.8 Å². The lowest BCUT2D eigenvalue weighted by atomic mass is 9.59. The summed E-state index contributed by atoms with van der Waals surface area (Å²) in [6, 6.07) is 24.9. The first-order valence-electron chi connectivity index (χ1n) is 11.3. The van der Waals surface area contributed by atoms with Crippen LogP contribution in [0.15, 0.2) is 78.4 Å². The van der Waals surface area contributed by atoms with E-state index in [2.05, 4.69) is 63.2 Å². The first-order chi connectivity index (χ1) is 14.9. The van der Waals surface area contributed by atoms with Gasteiger partial charge in [0, 0.05) is 0 Å². The van der Waals surface area contributed by atoms with Crippen molar-refractivity contribution in [1.29, 1.82) is 0 Å². The highest BCUT2D eigenvalue weighted by Crippen LogP contribution is 2.48. The predicted octanol–water partition coefficient (Wildman–Crippen LogP) is 6.00. The van der Waals surface area contributed by atoms with Crippen LogP contribution in [-0.2, 0) is 10.2 Å². The molecule has 2 nitrogen and oxygen atoms in total. The molecule has 160 valence electrons. The summed E-state index contributed by atoms with van der Waals surface area (Å²) < 4.78 is 0. The number of fused-ring (bicyclic) bond motifs is 1. The minimum atomic E-state index is -1.04. The van der Waals surface area contributed by atoms with Gasteiger partial charge >= 0.3 is 0 Å². The molecule has 2 heteroatoms. The predicted molar refractivity (Wildman–Crippen MR) is 126 cm³/mol. The number of hydrogen-bond donors (Lipinski definition) is 0. The molecular weight excluding hydrogens is 380 g/mol. The number of carboxylic acid groups (broad SMARTS) is 1. The van der Waals surface area contributed by atoms with E-state index in [-0.39, 0.29) is 17.3 Å². The van der Waals surface area contributed by atoms with Crippen LogP contribution in [0.1, 0.15) is 51.2 Å². The third-order valence-electron chi connectivity index (χ3n) is 7.29. The molecule has 1 aliphatic rings. The van der Waals surface area contributed by atoms with Crippen LogP contribution in [-0.4, -0.2) is 5.97 Å². The summed E-state index contributed by atoms with van der Waals surface area (Å²) in [5.41, 5.74) is 2.48. The van der Waals surface area contributed by atoms with E-state index in [9.17, 15) is 9.90 Å². The molecule has 1 fully saturated rings. The molecule has 0 heterocycles. The molecule has 1 saturated carbocycles. The van der Waals surface area contributed by atoms with Gasteiger partial charge in [0.25, 0.3) is 0 Å². The van der Waals surface area contributed by atoms with Gasteiger partial charge in [0.15, 0.2) is 0 Å². The van der Waals surface area contributed by atoms with Crippen molar-refractivity contribution in [3.05, 3.63) is 89.5 Å². The number of carbonyl (C=O) groups is 1. The van der Waals surface area contributed by atoms with Gasteiger partial charge in [-0.05, 0) is 69.6 Å². The van der Waals surface area contributed by atoms with Crippen LogP contribution in [0.2, 0.25) is 0 Å². The zero-order chi connectivity index (χ0) is 22.0. The van der Waals surface area contributed by atoms with Crippen molar-refractivity contribution < 1.29 is 9.90 Å². The second-order valence-corrected chi connectivity index (χ2v) is 9.71. The summed E-state index contributed by atoms with van der Waals surface area (Å²) >= 11 is 0. The number of benzene rings is 3. The smallest absolute Gasteiger partial charge is 0.0678 e. The van der Waals surface area contributed by atoms with Crippen molar-refractivity contribution in [2.24, 2.45) is 17.8 Å². The third-order valence-corrected chi connectivity index (χ3v) is 7.29. The van der Waals surface area contributed by atoms with Gasteiger partial charge in [-0.15, -0.1) is 0 Å². The van der Waals surface area contributed by atoms with E-state index in [1.54, 1.807) is 0 Å². The summed E-state index contributed by atoms with van der Waals surface area (Å²) in [4.78, 5) is 12.3. The average molecular weight is 412 g/mol. The molecule has 0 bridgehead atoms. The van der Waals surface area contributed by atoms with Gasteiger partial charge in [0.05, 0.1) is 5.97 Å². The molecule has 3 aromatic rings. The van der Waals surface area contributed by atoms with E-state index in [4.69, 9.17) is 0 Å². The minimum absolute atomic E-state index is 0.0320. The highest BCUT2D eigenvalue weighted by Gasteiger charge is 2.41. The van der Waals surface area contributed by atoms with Gasteiger partial charge in [0.2, 0.25) is 0 Å².